The van der Waals surface area contributed by atoms with Crippen molar-refractivity contribution in [3.8, 4) is 0 Å². The van der Waals surface area contributed by atoms with Crippen LogP contribution < -0.4 is 0 Å². The second kappa shape index (κ2) is 9.93. The molecule has 0 aliphatic carbocycles. The fourth-order valence-corrected chi connectivity index (χ4v) is 3.51. The van der Waals surface area contributed by atoms with Crippen LogP contribution in [0.15, 0.2) is 38.0 Å². The lowest BCUT2D eigenvalue weighted by molar-refractivity contribution is 0.243. The zero-order chi connectivity index (χ0) is 20.7. The van der Waals surface area contributed by atoms with Crippen LogP contribution >= 0.6 is 15.9 Å². The molecule has 0 aromatic heterocycles. The molecule has 0 atom stereocenters. The first kappa shape index (κ1) is 24.0. The topological polar surface area (TPSA) is 136 Å². The molecule has 0 saturated carbocycles. The van der Waals surface area contributed by atoms with E-state index >= 15 is 0 Å². The van der Waals surface area contributed by atoms with Gasteiger partial charge in [0.05, 0.1) is 30.6 Å². The van der Waals surface area contributed by atoms with Crippen molar-refractivity contribution in [1.29, 1.82) is 0 Å². The van der Waals surface area contributed by atoms with E-state index in [9.17, 15) is 25.3 Å². The van der Waals surface area contributed by atoms with Crippen molar-refractivity contribution in [2.75, 3.05) is 38.8 Å². The quantitative estimate of drug-likeness (QED) is 0.237. The number of benzene rings is 1. The van der Waals surface area contributed by atoms with Crippen LogP contribution in [0.25, 0.3) is 0 Å². The highest BCUT2D eigenvalue weighted by Gasteiger charge is 2.13. The minimum Gasteiger partial charge on any atom is -0.357 e. The second-order valence-corrected chi connectivity index (χ2v) is 11.1. The molecule has 1 rings (SSSR count). The van der Waals surface area contributed by atoms with E-state index in [2.05, 4.69) is 28.7 Å². The van der Waals surface area contributed by atoms with E-state index in [0.717, 1.165) is 18.9 Å². The number of hydrogen-bond donors (Lipinski definition) is 0. The highest BCUT2D eigenvalue weighted by molar-refractivity contribution is 9.10. The third-order valence-electron chi connectivity index (χ3n) is 2.81. The smallest absolute Gasteiger partial charge is 0.283 e. The Labute approximate surface area is 167 Å². The maximum Gasteiger partial charge on any atom is 0.283 e. The van der Waals surface area contributed by atoms with Crippen LogP contribution in [0.1, 0.15) is 0 Å². The molecule has 0 fully saturated rings. The van der Waals surface area contributed by atoms with Crippen LogP contribution in [0.4, 0.5) is 0 Å². The van der Waals surface area contributed by atoms with Gasteiger partial charge in [0, 0.05) is 17.6 Å². The molecule has 0 amide bonds. The summed E-state index contributed by atoms with van der Waals surface area (Å²) < 4.78 is 81.9. The standard InChI is InChI=1S/C13H19BrN2O8S3/c1-25(17,18)23-9-7-16(8-10-24-26(2,19)20)11-15-27(21,22)13-5-3-12(14)4-6-13/h3-6,11H,7-10H2,1-2H3/b15-11+. The monoisotopic (exact) mass is 506 g/mol. The molecule has 0 heterocycles. The van der Waals surface area contributed by atoms with Gasteiger partial charge in [-0.15, -0.1) is 4.40 Å². The first-order valence-electron chi connectivity index (χ1n) is 7.27. The molecule has 0 aliphatic heterocycles. The zero-order valence-electron chi connectivity index (χ0n) is 14.5. The van der Waals surface area contributed by atoms with E-state index < -0.39 is 30.3 Å². The van der Waals surface area contributed by atoms with E-state index in [1.54, 1.807) is 12.1 Å². The molecule has 154 valence electrons. The largest absolute Gasteiger partial charge is 0.357 e. The molecule has 10 nitrogen and oxygen atoms in total. The van der Waals surface area contributed by atoms with Gasteiger partial charge in [-0.25, -0.2) is 0 Å². The van der Waals surface area contributed by atoms with Crippen molar-refractivity contribution in [2.24, 2.45) is 4.40 Å². The molecule has 1 aromatic carbocycles. The van der Waals surface area contributed by atoms with Crippen LogP contribution in [0, 0.1) is 0 Å². The summed E-state index contributed by atoms with van der Waals surface area (Å²) in [6.07, 6.45) is 2.71. The lowest BCUT2D eigenvalue weighted by Gasteiger charge is -2.18. The first-order chi connectivity index (χ1) is 12.3. The normalized spacial score (nSPS) is 13.1. The van der Waals surface area contributed by atoms with Crippen LogP contribution in [0.2, 0.25) is 0 Å². The van der Waals surface area contributed by atoms with Crippen molar-refractivity contribution in [2.45, 2.75) is 4.90 Å². The van der Waals surface area contributed by atoms with Gasteiger partial charge in [0.1, 0.15) is 6.34 Å². The molecule has 0 radical (unpaired) electrons. The predicted octanol–water partition coefficient (Wildman–Crippen LogP) is 0.421. The average Bonchev–Trinajstić information content (AvgIpc) is 2.50. The summed E-state index contributed by atoms with van der Waals surface area (Å²) in [5.41, 5.74) is 0. The molecular formula is C13H19BrN2O8S3. The summed E-state index contributed by atoms with van der Waals surface area (Å²) in [6, 6.07) is 5.81. The van der Waals surface area contributed by atoms with Crippen molar-refractivity contribution in [1.82, 2.24) is 4.90 Å². The Balaban J connectivity index is 2.86. The molecule has 27 heavy (non-hydrogen) atoms. The summed E-state index contributed by atoms with van der Waals surface area (Å²) in [4.78, 5) is 1.23. The maximum absolute atomic E-state index is 12.2. The van der Waals surface area contributed by atoms with Gasteiger partial charge in [-0.05, 0) is 24.3 Å². The Morgan fingerprint density at radius 2 is 1.37 bits per heavy atom. The minimum atomic E-state index is -3.99. The molecular weight excluding hydrogens is 488 g/mol. The Bertz CT molecular complexity index is 919. The van der Waals surface area contributed by atoms with E-state index in [-0.39, 0.29) is 31.2 Å². The highest BCUT2D eigenvalue weighted by atomic mass is 79.9. The van der Waals surface area contributed by atoms with Crippen LogP contribution in [-0.2, 0) is 38.6 Å². The average molecular weight is 507 g/mol. The molecule has 0 spiro atoms. The minimum absolute atomic E-state index is 0.0401. The van der Waals surface area contributed by atoms with E-state index in [1.807, 2.05) is 0 Å². The number of rotatable bonds is 11. The lowest BCUT2D eigenvalue weighted by atomic mass is 10.4. The van der Waals surface area contributed by atoms with Crippen molar-refractivity contribution < 1.29 is 33.6 Å². The summed E-state index contributed by atoms with van der Waals surface area (Å²) in [7, 11) is -11.3. The number of nitrogens with zero attached hydrogens (tertiary/aromatic N) is 2. The molecule has 14 heteroatoms. The zero-order valence-corrected chi connectivity index (χ0v) is 18.5. The lowest BCUT2D eigenvalue weighted by Crippen LogP contribution is -2.31. The van der Waals surface area contributed by atoms with Crippen LogP contribution in [-0.4, -0.2) is 75.3 Å². The Hall–Kier alpha value is -1.06. The van der Waals surface area contributed by atoms with Gasteiger partial charge < -0.3 is 4.90 Å². The van der Waals surface area contributed by atoms with Gasteiger partial charge in [-0.1, -0.05) is 15.9 Å². The summed E-state index contributed by atoms with van der Waals surface area (Å²) in [5, 5.41) is 0. The van der Waals surface area contributed by atoms with Gasteiger partial charge in [-0.2, -0.15) is 25.3 Å². The van der Waals surface area contributed by atoms with Gasteiger partial charge in [0.15, 0.2) is 0 Å². The number of sulfonamides is 1. The van der Waals surface area contributed by atoms with Gasteiger partial charge in [0.25, 0.3) is 30.3 Å². The Morgan fingerprint density at radius 3 is 1.78 bits per heavy atom. The maximum atomic E-state index is 12.2. The fourth-order valence-electron chi connectivity index (χ4n) is 1.64. The molecule has 0 saturated heterocycles. The summed E-state index contributed by atoms with van der Waals surface area (Å²) in [5.74, 6) is 0. The Morgan fingerprint density at radius 1 is 0.926 bits per heavy atom. The van der Waals surface area contributed by atoms with Crippen LogP contribution in [0.3, 0.4) is 0 Å². The molecule has 0 aliphatic rings. The first-order valence-corrected chi connectivity index (χ1v) is 13.1. The summed E-state index contributed by atoms with van der Waals surface area (Å²) >= 11 is 3.20. The van der Waals surface area contributed by atoms with Gasteiger partial charge in [0.2, 0.25) is 0 Å². The third-order valence-corrected chi connectivity index (χ3v) is 5.77. The Kier molecular flexibility index (Phi) is 8.82. The molecule has 0 bridgehead atoms. The highest BCUT2D eigenvalue weighted by Crippen LogP contribution is 2.16. The second-order valence-electron chi connectivity index (χ2n) is 5.24. The van der Waals surface area contributed by atoms with E-state index in [0.29, 0.717) is 4.47 Å². The molecule has 1 aromatic rings. The summed E-state index contributed by atoms with van der Waals surface area (Å²) in [6.45, 7) is -0.663. The third kappa shape index (κ3) is 10.8. The molecule has 0 N–H and O–H groups in total. The van der Waals surface area contributed by atoms with Crippen LogP contribution in [0.5, 0.6) is 0 Å². The van der Waals surface area contributed by atoms with E-state index in [4.69, 9.17) is 0 Å². The van der Waals surface area contributed by atoms with Crippen molar-refractivity contribution in [3.63, 3.8) is 0 Å². The van der Waals surface area contributed by atoms with Gasteiger partial charge in [-0.3, -0.25) is 8.37 Å². The van der Waals surface area contributed by atoms with Gasteiger partial charge >= 0.3 is 0 Å². The predicted molar refractivity (Wildman–Crippen MR) is 103 cm³/mol. The van der Waals surface area contributed by atoms with E-state index in [1.165, 1.54) is 17.0 Å². The van der Waals surface area contributed by atoms with Crippen molar-refractivity contribution in [3.05, 3.63) is 28.7 Å². The number of hydrogen-bond acceptors (Lipinski definition) is 8. The van der Waals surface area contributed by atoms with Crippen molar-refractivity contribution >= 4 is 52.5 Å². The fraction of sp³-hybridized carbons (Fsp3) is 0.462. The SMILES string of the molecule is CS(=O)(=O)OCCN(/C=N/S(=O)(=O)c1ccc(Br)cc1)CCOS(C)(=O)=O. The number of halogens is 1. The molecule has 0 unspecified atom stereocenters.